The standard InChI is InChI=1S/C15H13ClF2O/c1-8-5-9(2)14(13(18)6-8)15(19)11-7-10(16)3-4-12(11)17/h3-7,15,19H,1-2H3. The maximum absolute atomic E-state index is 14.0. The number of aryl methyl sites for hydroxylation is 2. The lowest BCUT2D eigenvalue weighted by Gasteiger charge is -2.16. The molecule has 0 heterocycles. The summed E-state index contributed by atoms with van der Waals surface area (Å²) in [5, 5.41) is 10.5. The zero-order valence-corrected chi connectivity index (χ0v) is 11.3. The quantitative estimate of drug-likeness (QED) is 0.870. The maximum atomic E-state index is 14.0. The minimum Gasteiger partial charge on any atom is -0.383 e. The average Bonchev–Trinajstić information content (AvgIpc) is 2.30. The van der Waals surface area contributed by atoms with E-state index in [0.717, 1.165) is 11.6 Å². The number of aliphatic hydroxyl groups is 1. The van der Waals surface area contributed by atoms with Crippen LogP contribution in [0.5, 0.6) is 0 Å². The third-order valence-electron chi connectivity index (χ3n) is 3.01. The highest BCUT2D eigenvalue weighted by Crippen LogP contribution is 2.31. The molecule has 2 rings (SSSR count). The Kier molecular flexibility index (Phi) is 3.88. The Bertz CT molecular complexity index is 603. The molecule has 0 bridgehead atoms. The number of rotatable bonds is 2. The van der Waals surface area contributed by atoms with Gasteiger partial charge >= 0.3 is 0 Å². The molecule has 0 aliphatic rings. The van der Waals surface area contributed by atoms with Crippen molar-refractivity contribution in [1.82, 2.24) is 0 Å². The van der Waals surface area contributed by atoms with Gasteiger partial charge in [0.05, 0.1) is 0 Å². The highest BCUT2D eigenvalue weighted by atomic mass is 35.5. The van der Waals surface area contributed by atoms with Crippen LogP contribution in [0.4, 0.5) is 8.78 Å². The van der Waals surface area contributed by atoms with Crippen molar-refractivity contribution in [2.24, 2.45) is 0 Å². The highest BCUT2D eigenvalue weighted by Gasteiger charge is 2.21. The molecule has 0 aromatic heterocycles. The van der Waals surface area contributed by atoms with Gasteiger partial charge in [0, 0.05) is 16.1 Å². The first-order valence-corrected chi connectivity index (χ1v) is 6.17. The summed E-state index contributed by atoms with van der Waals surface area (Å²) in [6.07, 6.45) is -1.38. The molecule has 0 aliphatic carbocycles. The van der Waals surface area contributed by atoms with E-state index in [0.29, 0.717) is 10.6 Å². The van der Waals surface area contributed by atoms with Crippen molar-refractivity contribution in [3.63, 3.8) is 0 Å². The first-order chi connectivity index (χ1) is 8.90. The summed E-state index contributed by atoms with van der Waals surface area (Å²) < 4.78 is 27.7. The molecule has 0 aliphatic heterocycles. The monoisotopic (exact) mass is 282 g/mol. The molecular weight excluding hydrogens is 270 g/mol. The molecule has 0 fully saturated rings. The van der Waals surface area contributed by atoms with Crippen molar-refractivity contribution >= 4 is 11.6 Å². The Morgan fingerprint density at radius 1 is 1.05 bits per heavy atom. The van der Waals surface area contributed by atoms with Crippen molar-refractivity contribution in [2.45, 2.75) is 20.0 Å². The number of halogens is 3. The van der Waals surface area contributed by atoms with Crippen LogP contribution in [0.15, 0.2) is 30.3 Å². The SMILES string of the molecule is Cc1cc(C)c(C(O)c2cc(Cl)ccc2F)c(F)c1. The first kappa shape index (κ1) is 14.0. The molecule has 0 saturated heterocycles. The molecule has 0 saturated carbocycles. The van der Waals surface area contributed by atoms with E-state index >= 15 is 0 Å². The minimum atomic E-state index is -1.38. The maximum Gasteiger partial charge on any atom is 0.129 e. The van der Waals surface area contributed by atoms with E-state index in [2.05, 4.69) is 0 Å². The minimum absolute atomic E-state index is 0.0293. The van der Waals surface area contributed by atoms with E-state index < -0.39 is 17.7 Å². The molecule has 19 heavy (non-hydrogen) atoms. The van der Waals surface area contributed by atoms with Crippen LogP contribution >= 0.6 is 11.6 Å². The van der Waals surface area contributed by atoms with Gasteiger partial charge in [-0.2, -0.15) is 0 Å². The zero-order chi connectivity index (χ0) is 14.2. The average molecular weight is 283 g/mol. The lowest BCUT2D eigenvalue weighted by Crippen LogP contribution is -2.07. The van der Waals surface area contributed by atoms with Gasteiger partial charge in [0.1, 0.15) is 17.7 Å². The Morgan fingerprint density at radius 3 is 2.37 bits per heavy atom. The number of aliphatic hydroxyl groups excluding tert-OH is 1. The highest BCUT2D eigenvalue weighted by molar-refractivity contribution is 6.30. The molecule has 1 unspecified atom stereocenters. The number of benzene rings is 2. The van der Waals surface area contributed by atoms with Gasteiger partial charge in [0.25, 0.3) is 0 Å². The van der Waals surface area contributed by atoms with Crippen LogP contribution in [0.1, 0.15) is 28.4 Å². The van der Waals surface area contributed by atoms with E-state index in [-0.39, 0.29) is 11.1 Å². The summed E-state index contributed by atoms with van der Waals surface area (Å²) in [6.45, 7) is 3.43. The van der Waals surface area contributed by atoms with Crippen LogP contribution in [0, 0.1) is 25.5 Å². The molecule has 0 radical (unpaired) electrons. The topological polar surface area (TPSA) is 20.2 Å². The van der Waals surface area contributed by atoms with Gasteiger partial charge in [-0.1, -0.05) is 17.7 Å². The summed E-state index contributed by atoms with van der Waals surface area (Å²) >= 11 is 5.78. The molecule has 4 heteroatoms. The predicted molar refractivity (Wildman–Crippen MR) is 71.3 cm³/mol. The fourth-order valence-electron chi connectivity index (χ4n) is 2.15. The second-order valence-corrected chi connectivity index (χ2v) is 4.98. The zero-order valence-electron chi connectivity index (χ0n) is 10.5. The molecule has 100 valence electrons. The van der Waals surface area contributed by atoms with Gasteiger partial charge in [-0.15, -0.1) is 0 Å². The predicted octanol–water partition coefficient (Wildman–Crippen LogP) is 4.32. The Morgan fingerprint density at radius 2 is 1.74 bits per heavy atom. The molecule has 2 aromatic rings. The van der Waals surface area contributed by atoms with Crippen molar-refractivity contribution in [3.05, 3.63) is 69.2 Å². The summed E-state index contributed by atoms with van der Waals surface area (Å²) in [7, 11) is 0. The Hall–Kier alpha value is -1.45. The first-order valence-electron chi connectivity index (χ1n) is 5.80. The fourth-order valence-corrected chi connectivity index (χ4v) is 2.33. The smallest absolute Gasteiger partial charge is 0.129 e. The lowest BCUT2D eigenvalue weighted by molar-refractivity contribution is 0.209. The summed E-state index contributed by atoms with van der Waals surface area (Å²) in [4.78, 5) is 0. The van der Waals surface area contributed by atoms with Gasteiger partial charge in [-0.25, -0.2) is 8.78 Å². The van der Waals surface area contributed by atoms with Gasteiger partial charge in [-0.05, 0) is 49.2 Å². The molecular formula is C15H13ClF2O. The fraction of sp³-hybridized carbons (Fsp3) is 0.200. The second-order valence-electron chi connectivity index (χ2n) is 4.55. The summed E-state index contributed by atoms with van der Waals surface area (Å²) in [6, 6.07) is 6.90. The van der Waals surface area contributed by atoms with Crippen LogP contribution in [0.2, 0.25) is 5.02 Å². The van der Waals surface area contributed by atoms with Crippen molar-refractivity contribution in [2.75, 3.05) is 0 Å². The molecule has 2 aromatic carbocycles. The number of hydrogen-bond donors (Lipinski definition) is 1. The van der Waals surface area contributed by atoms with Crippen LogP contribution in [-0.4, -0.2) is 5.11 Å². The third kappa shape index (κ3) is 2.77. The molecule has 0 spiro atoms. The van der Waals surface area contributed by atoms with E-state index in [1.165, 1.54) is 18.2 Å². The van der Waals surface area contributed by atoms with Gasteiger partial charge in [0.2, 0.25) is 0 Å². The Balaban J connectivity index is 2.56. The van der Waals surface area contributed by atoms with Crippen molar-refractivity contribution in [1.29, 1.82) is 0 Å². The van der Waals surface area contributed by atoms with E-state index in [1.54, 1.807) is 19.9 Å². The molecule has 1 atom stereocenters. The normalized spacial score (nSPS) is 12.5. The summed E-state index contributed by atoms with van der Waals surface area (Å²) in [5.41, 5.74) is 1.37. The van der Waals surface area contributed by atoms with Gasteiger partial charge in [0.15, 0.2) is 0 Å². The van der Waals surface area contributed by atoms with Gasteiger partial charge in [-0.3, -0.25) is 0 Å². The lowest BCUT2D eigenvalue weighted by atomic mass is 9.95. The van der Waals surface area contributed by atoms with Crippen LogP contribution in [0.25, 0.3) is 0 Å². The van der Waals surface area contributed by atoms with E-state index in [9.17, 15) is 13.9 Å². The molecule has 1 N–H and O–H groups in total. The molecule has 1 nitrogen and oxygen atoms in total. The van der Waals surface area contributed by atoms with E-state index in [1.807, 2.05) is 0 Å². The summed E-state index contributed by atoms with van der Waals surface area (Å²) in [5.74, 6) is -1.17. The second kappa shape index (κ2) is 5.27. The third-order valence-corrected chi connectivity index (χ3v) is 3.24. The largest absolute Gasteiger partial charge is 0.383 e. The van der Waals surface area contributed by atoms with Crippen LogP contribution in [-0.2, 0) is 0 Å². The van der Waals surface area contributed by atoms with Gasteiger partial charge < -0.3 is 5.11 Å². The van der Waals surface area contributed by atoms with Crippen LogP contribution < -0.4 is 0 Å². The van der Waals surface area contributed by atoms with Crippen molar-refractivity contribution in [3.8, 4) is 0 Å². The van der Waals surface area contributed by atoms with Crippen molar-refractivity contribution < 1.29 is 13.9 Å². The molecule has 0 amide bonds. The Labute approximate surface area is 115 Å². The van der Waals surface area contributed by atoms with E-state index in [4.69, 9.17) is 11.6 Å². The number of hydrogen-bond acceptors (Lipinski definition) is 1. The van der Waals surface area contributed by atoms with Crippen LogP contribution in [0.3, 0.4) is 0 Å².